The first-order valence-corrected chi connectivity index (χ1v) is 7.03. The van der Waals surface area contributed by atoms with Gasteiger partial charge in [0.25, 0.3) is 0 Å². The van der Waals surface area contributed by atoms with Crippen molar-refractivity contribution in [2.75, 3.05) is 7.11 Å². The van der Waals surface area contributed by atoms with Gasteiger partial charge in [0.05, 0.1) is 18.7 Å². The Morgan fingerprint density at radius 1 is 1.18 bits per heavy atom. The van der Waals surface area contributed by atoms with Crippen LogP contribution in [0.2, 0.25) is 5.02 Å². The Morgan fingerprint density at radius 3 is 2.55 bits per heavy atom. The molecule has 0 N–H and O–H groups in total. The summed E-state index contributed by atoms with van der Waals surface area (Å²) in [6.07, 6.45) is 0.805. The third-order valence-electron chi connectivity index (χ3n) is 3.05. The topological polar surface area (TPSA) is 59.3 Å². The number of ether oxygens (including phenoxy) is 2. The summed E-state index contributed by atoms with van der Waals surface area (Å²) in [4.78, 5) is 11.9. The average Bonchev–Trinajstić information content (AvgIpc) is 2.54. The van der Waals surface area contributed by atoms with E-state index < -0.39 is 0 Å². The minimum atomic E-state index is -0.363. The Bertz CT molecular complexity index is 705. The molecule has 2 rings (SSSR count). The van der Waals surface area contributed by atoms with Crippen molar-refractivity contribution in [2.45, 2.75) is 12.8 Å². The molecule has 0 atom stereocenters. The van der Waals surface area contributed by atoms with Crippen molar-refractivity contribution in [3.8, 4) is 17.6 Å². The standard InChI is InChI=1S/C17H14ClNO3/c1-21-16-10-13(11-19)4-8-15(16)22-17(20)9-5-12-2-6-14(18)7-3-12/h2-4,6-8,10H,5,9H2,1H3. The van der Waals surface area contributed by atoms with E-state index in [2.05, 4.69) is 0 Å². The minimum Gasteiger partial charge on any atom is -0.493 e. The van der Waals surface area contributed by atoms with Crippen molar-refractivity contribution in [3.05, 3.63) is 58.6 Å². The second-order valence-corrected chi connectivity index (χ2v) is 5.01. The number of carbonyl (C=O) groups excluding carboxylic acids is 1. The van der Waals surface area contributed by atoms with E-state index in [4.69, 9.17) is 26.3 Å². The smallest absolute Gasteiger partial charge is 0.311 e. The van der Waals surface area contributed by atoms with Crippen LogP contribution in [0.1, 0.15) is 17.5 Å². The minimum absolute atomic E-state index is 0.241. The summed E-state index contributed by atoms with van der Waals surface area (Å²) in [5.74, 6) is 0.305. The molecule has 0 saturated heterocycles. The van der Waals surface area contributed by atoms with Gasteiger partial charge in [0.1, 0.15) is 0 Å². The molecular formula is C17H14ClNO3. The maximum atomic E-state index is 11.9. The molecule has 0 radical (unpaired) electrons. The third-order valence-corrected chi connectivity index (χ3v) is 3.30. The van der Waals surface area contributed by atoms with E-state index in [1.54, 1.807) is 24.3 Å². The van der Waals surface area contributed by atoms with Crippen LogP contribution < -0.4 is 9.47 Å². The normalized spacial score (nSPS) is 9.86. The molecule has 2 aromatic rings. The second-order valence-electron chi connectivity index (χ2n) is 4.58. The van der Waals surface area contributed by atoms with Crippen LogP contribution in [0.4, 0.5) is 0 Å². The van der Waals surface area contributed by atoms with Crippen LogP contribution in [-0.2, 0) is 11.2 Å². The lowest BCUT2D eigenvalue weighted by Gasteiger charge is -2.09. The number of esters is 1. The van der Waals surface area contributed by atoms with Gasteiger partial charge in [0.15, 0.2) is 11.5 Å². The number of nitrogens with zero attached hydrogens (tertiary/aromatic N) is 1. The van der Waals surface area contributed by atoms with Crippen LogP contribution >= 0.6 is 11.6 Å². The van der Waals surface area contributed by atoms with Crippen molar-refractivity contribution in [3.63, 3.8) is 0 Å². The summed E-state index contributed by atoms with van der Waals surface area (Å²) < 4.78 is 10.4. The van der Waals surface area contributed by atoms with Gasteiger partial charge in [-0.05, 0) is 36.2 Å². The molecule has 0 aliphatic carbocycles. The van der Waals surface area contributed by atoms with E-state index >= 15 is 0 Å². The molecule has 0 heterocycles. The number of aryl methyl sites for hydroxylation is 1. The Morgan fingerprint density at radius 2 is 1.91 bits per heavy atom. The van der Waals surface area contributed by atoms with Crippen LogP contribution in [0.5, 0.6) is 11.5 Å². The Kier molecular flexibility index (Phi) is 5.40. The van der Waals surface area contributed by atoms with Gasteiger partial charge in [-0.25, -0.2) is 0 Å². The van der Waals surface area contributed by atoms with Crippen molar-refractivity contribution in [2.24, 2.45) is 0 Å². The van der Waals surface area contributed by atoms with E-state index in [0.29, 0.717) is 28.5 Å². The molecule has 0 amide bonds. The maximum absolute atomic E-state index is 11.9. The first kappa shape index (κ1) is 15.9. The van der Waals surface area contributed by atoms with Gasteiger partial charge in [-0.3, -0.25) is 4.79 Å². The van der Waals surface area contributed by atoms with Gasteiger partial charge in [0, 0.05) is 17.5 Å². The van der Waals surface area contributed by atoms with Crippen molar-refractivity contribution in [1.82, 2.24) is 0 Å². The lowest BCUT2D eigenvalue weighted by atomic mass is 10.1. The molecule has 0 aliphatic heterocycles. The molecule has 0 saturated carbocycles. The van der Waals surface area contributed by atoms with E-state index in [9.17, 15) is 4.79 Å². The van der Waals surface area contributed by atoms with Crippen LogP contribution in [0.25, 0.3) is 0 Å². The van der Waals surface area contributed by atoms with Gasteiger partial charge < -0.3 is 9.47 Å². The summed E-state index contributed by atoms with van der Waals surface area (Å²) in [7, 11) is 1.46. The van der Waals surface area contributed by atoms with Gasteiger partial charge in [-0.15, -0.1) is 0 Å². The highest BCUT2D eigenvalue weighted by atomic mass is 35.5. The van der Waals surface area contributed by atoms with Gasteiger partial charge in [-0.2, -0.15) is 5.26 Å². The molecule has 2 aromatic carbocycles. The highest BCUT2D eigenvalue weighted by Crippen LogP contribution is 2.28. The van der Waals surface area contributed by atoms with Crippen LogP contribution in [0.3, 0.4) is 0 Å². The number of carbonyl (C=O) groups is 1. The molecule has 0 bridgehead atoms. The predicted molar refractivity (Wildman–Crippen MR) is 83.1 cm³/mol. The first-order chi connectivity index (χ1) is 10.6. The molecule has 0 unspecified atom stereocenters. The molecule has 0 aliphatic rings. The number of hydrogen-bond acceptors (Lipinski definition) is 4. The van der Waals surface area contributed by atoms with E-state index in [1.165, 1.54) is 13.2 Å². The molecule has 0 spiro atoms. The largest absolute Gasteiger partial charge is 0.493 e. The SMILES string of the molecule is COc1cc(C#N)ccc1OC(=O)CCc1ccc(Cl)cc1. The summed E-state index contributed by atoms with van der Waals surface area (Å²) in [6.45, 7) is 0. The summed E-state index contributed by atoms with van der Waals surface area (Å²) in [5.41, 5.74) is 1.45. The highest BCUT2D eigenvalue weighted by Gasteiger charge is 2.11. The molecule has 22 heavy (non-hydrogen) atoms. The van der Waals surface area contributed by atoms with Crippen LogP contribution in [0, 0.1) is 11.3 Å². The number of hydrogen-bond donors (Lipinski definition) is 0. The second kappa shape index (κ2) is 7.48. The molecule has 0 fully saturated rings. The van der Waals surface area contributed by atoms with Gasteiger partial charge in [0.2, 0.25) is 0 Å². The number of halogens is 1. The quantitative estimate of drug-likeness (QED) is 0.622. The average molecular weight is 316 g/mol. The molecule has 112 valence electrons. The van der Waals surface area contributed by atoms with Crippen LogP contribution in [0.15, 0.2) is 42.5 Å². The van der Waals surface area contributed by atoms with Crippen molar-refractivity contribution < 1.29 is 14.3 Å². The Labute approximate surface area is 133 Å². The van der Waals surface area contributed by atoms with E-state index in [0.717, 1.165) is 5.56 Å². The highest BCUT2D eigenvalue weighted by molar-refractivity contribution is 6.30. The number of nitriles is 1. The maximum Gasteiger partial charge on any atom is 0.311 e. The zero-order valence-corrected chi connectivity index (χ0v) is 12.8. The van der Waals surface area contributed by atoms with Crippen molar-refractivity contribution >= 4 is 17.6 Å². The Hall–Kier alpha value is -2.51. The fraction of sp³-hybridized carbons (Fsp3) is 0.176. The van der Waals surface area contributed by atoms with Crippen LogP contribution in [-0.4, -0.2) is 13.1 Å². The van der Waals surface area contributed by atoms with Gasteiger partial charge in [-0.1, -0.05) is 23.7 Å². The monoisotopic (exact) mass is 315 g/mol. The zero-order chi connectivity index (χ0) is 15.9. The predicted octanol–water partition coefficient (Wildman–Crippen LogP) is 3.76. The fourth-order valence-corrected chi connectivity index (χ4v) is 2.02. The molecule has 4 nitrogen and oxygen atoms in total. The number of benzene rings is 2. The van der Waals surface area contributed by atoms with E-state index in [1.807, 2.05) is 18.2 Å². The lowest BCUT2D eigenvalue weighted by Crippen LogP contribution is -2.09. The summed E-state index contributed by atoms with van der Waals surface area (Å²) >= 11 is 5.81. The lowest BCUT2D eigenvalue weighted by molar-refractivity contribution is -0.134. The van der Waals surface area contributed by atoms with E-state index in [-0.39, 0.29) is 12.4 Å². The molecular weight excluding hydrogens is 302 g/mol. The fourth-order valence-electron chi connectivity index (χ4n) is 1.89. The first-order valence-electron chi connectivity index (χ1n) is 6.65. The zero-order valence-electron chi connectivity index (χ0n) is 12.0. The molecule has 0 aromatic heterocycles. The summed E-state index contributed by atoms with van der Waals surface area (Å²) in [6, 6.07) is 14.0. The third kappa shape index (κ3) is 4.24. The number of methoxy groups -OCH3 is 1. The van der Waals surface area contributed by atoms with Crippen molar-refractivity contribution in [1.29, 1.82) is 5.26 Å². The number of rotatable bonds is 5. The molecule has 5 heteroatoms. The Balaban J connectivity index is 1.97. The van der Waals surface area contributed by atoms with Gasteiger partial charge >= 0.3 is 5.97 Å². The summed E-state index contributed by atoms with van der Waals surface area (Å²) in [5, 5.41) is 9.50.